The van der Waals surface area contributed by atoms with E-state index < -0.39 is 0 Å². The summed E-state index contributed by atoms with van der Waals surface area (Å²) in [6.45, 7) is 4.49. The number of nitriles is 1. The first-order valence-corrected chi connectivity index (χ1v) is 8.55. The van der Waals surface area contributed by atoms with E-state index in [1.165, 1.54) is 6.42 Å². The summed E-state index contributed by atoms with van der Waals surface area (Å²) in [6.07, 6.45) is 5.15. The number of carbonyl (C=O) groups is 1. The van der Waals surface area contributed by atoms with Crippen molar-refractivity contribution in [2.75, 3.05) is 51.7 Å². The van der Waals surface area contributed by atoms with Crippen molar-refractivity contribution in [1.82, 2.24) is 14.8 Å². The molecule has 0 bridgehead atoms. The fourth-order valence-corrected chi connectivity index (χ4v) is 3.88. The number of rotatable bonds is 3. The lowest BCUT2D eigenvalue weighted by molar-refractivity contribution is -0.130. The van der Waals surface area contributed by atoms with Crippen LogP contribution < -0.4 is 4.90 Å². The second kappa shape index (κ2) is 6.78. The Hall–Kier alpha value is -2.13. The van der Waals surface area contributed by atoms with E-state index in [-0.39, 0.29) is 11.3 Å². The minimum Gasteiger partial charge on any atom is -0.356 e. The maximum Gasteiger partial charge on any atom is 0.236 e. The monoisotopic (exact) mass is 327 g/mol. The van der Waals surface area contributed by atoms with E-state index in [9.17, 15) is 4.79 Å². The van der Waals surface area contributed by atoms with Crippen molar-refractivity contribution in [3.8, 4) is 6.07 Å². The van der Waals surface area contributed by atoms with Crippen LogP contribution in [0, 0.1) is 16.7 Å². The normalized spacial score (nSPS) is 24.1. The minimum atomic E-state index is 0.177. The lowest BCUT2D eigenvalue weighted by atomic mass is 9.79. The molecule has 2 saturated heterocycles. The van der Waals surface area contributed by atoms with E-state index in [1.807, 2.05) is 26.2 Å². The summed E-state index contributed by atoms with van der Waals surface area (Å²) in [4.78, 5) is 22.7. The number of likely N-dealkylation sites (tertiary alicyclic amines) is 1. The summed E-state index contributed by atoms with van der Waals surface area (Å²) < 4.78 is 0. The van der Waals surface area contributed by atoms with E-state index in [0.717, 1.165) is 44.8 Å². The van der Waals surface area contributed by atoms with Crippen LogP contribution in [0.4, 0.5) is 5.82 Å². The van der Waals surface area contributed by atoms with Crippen LogP contribution in [0.5, 0.6) is 0 Å². The van der Waals surface area contributed by atoms with Crippen molar-refractivity contribution in [2.24, 2.45) is 5.41 Å². The SMILES string of the molecule is CN(C)C(=O)CN1CCC[C@@]2(CCN(c3ccc(C#N)cn3)C2)C1. The number of amides is 1. The van der Waals surface area contributed by atoms with Crippen LogP contribution in [-0.2, 0) is 4.79 Å². The largest absolute Gasteiger partial charge is 0.356 e. The summed E-state index contributed by atoms with van der Waals surface area (Å²) in [5.74, 6) is 1.13. The quantitative estimate of drug-likeness (QED) is 0.838. The van der Waals surface area contributed by atoms with Crippen LogP contribution in [0.15, 0.2) is 18.3 Å². The number of pyridine rings is 1. The Labute approximate surface area is 143 Å². The smallest absolute Gasteiger partial charge is 0.236 e. The molecule has 1 atom stereocenters. The molecule has 0 aliphatic carbocycles. The molecule has 3 heterocycles. The fraction of sp³-hybridized carbons (Fsp3) is 0.611. The Morgan fingerprint density at radius 3 is 2.83 bits per heavy atom. The Bertz CT molecular complexity index is 636. The van der Waals surface area contributed by atoms with Gasteiger partial charge in [0.05, 0.1) is 12.1 Å². The maximum atomic E-state index is 12.0. The molecule has 1 spiro atoms. The van der Waals surface area contributed by atoms with Gasteiger partial charge in [-0.15, -0.1) is 0 Å². The fourth-order valence-electron chi connectivity index (χ4n) is 3.88. The van der Waals surface area contributed by atoms with Gasteiger partial charge < -0.3 is 9.80 Å². The molecule has 128 valence electrons. The molecule has 6 nitrogen and oxygen atoms in total. The number of anilines is 1. The molecule has 24 heavy (non-hydrogen) atoms. The van der Waals surface area contributed by atoms with Crippen molar-refractivity contribution in [3.05, 3.63) is 23.9 Å². The number of hydrogen-bond acceptors (Lipinski definition) is 5. The molecule has 0 radical (unpaired) electrons. The Morgan fingerprint density at radius 2 is 2.17 bits per heavy atom. The zero-order valence-corrected chi connectivity index (χ0v) is 14.5. The highest BCUT2D eigenvalue weighted by Crippen LogP contribution is 2.40. The van der Waals surface area contributed by atoms with Gasteiger partial charge in [0.2, 0.25) is 5.91 Å². The summed E-state index contributed by atoms with van der Waals surface area (Å²) in [5.41, 5.74) is 0.860. The van der Waals surface area contributed by atoms with Gasteiger partial charge in [-0.3, -0.25) is 9.69 Å². The van der Waals surface area contributed by atoms with Crippen molar-refractivity contribution in [1.29, 1.82) is 5.26 Å². The molecule has 1 aromatic heterocycles. The van der Waals surface area contributed by atoms with Crippen LogP contribution in [0.2, 0.25) is 0 Å². The second-order valence-electron chi connectivity index (χ2n) is 7.29. The number of carbonyl (C=O) groups excluding carboxylic acids is 1. The first-order chi connectivity index (χ1) is 11.5. The van der Waals surface area contributed by atoms with Gasteiger partial charge in [-0.25, -0.2) is 4.98 Å². The number of piperidine rings is 1. The number of aromatic nitrogens is 1. The van der Waals surface area contributed by atoms with E-state index in [4.69, 9.17) is 5.26 Å². The first-order valence-electron chi connectivity index (χ1n) is 8.55. The highest BCUT2D eigenvalue weighted by molar-refractivity contribution is 5.77. The van der Waals surface area contributed by atoms with Crippen molar-refractivity contribution in [2.45, 2.75) is 19.3 Å². The van der Waals surface area contributed by atoms with E-state index in [0.29, 0.717) is 12.1 Å². The lowest BCUT2D eigenvalue weighted by Gasteiger charge is -2.40. The molecule has 1 amide bonds. The van der Waals surface area contributed by atoms with E-state index in [1.54, 1.807) is 11.1 Å². The predicted octanol–water partition coefficient (Wildman–Crippen LogP) is 1.33. The highest BCUT2D eigenvalue weighted by Gasteiger charge is 2.42. The predicted molar refractivity (Wildman–Crippen MR) is 92.6 cm³/mol. The van der Waals surface area contributed by atoms with Crippen LogP contribution >= 0.6 is 0 Å². The van der Waals surface area contributed by atoms with Crippen LogP contribution in [0.25, 0.3) is 0 Å². The first kappa shape index (κ1) is 16.7. The molecule has 2 fully saturated rings. The van der Waals surface area contributed by atoms with Gasteiger partial charge in [0.1, 0.15) is 11.9 Å². The lowest BCUT2D eigenvalue weighted by Crippen LogP contribution is -2.48. The summed E-state index contributed by atoms with van der Waals surface area (Å²) in [7, 11) is 3.63. The van der Waals surface area contributed by atoms with Gasteiger partial charge >= 0.3 is 0 Å². The Morgan fingerprint density at radius 1 is 1.33 bits per heavy atom. The third-order valence-corrected chi connectivity index (χ3v) is 5.24. The maximum absolute atomic E-state index is 12.0. The Balaban J connectivity index is 1.64. The number of likely N-dealkylation sites (N-methyl/N-ethyl adjacent to an activating group) is 1. The topological polar surface area (TPSA) is 63.5 Å². The summed E-state index contributed by atoms with van der Waals surface area (Å²) >= 11 is 0. The van der Waals surface area contributed by atoms with Gasteiger partial charge in [-0.1, -0.05) is 0 Å². The molecule has 1 aromatic rings. The average molecular weight is 327 g/mol. The molecule has 0 aromatic carbocycles. The van der Waals surface area contributed by atoms with Gasteiger partial charge in [-0.2, -0.15) is 5.26 Å². The van der Waals surface area contributed by atoms with Crippen molar-refractivity contribution < 1.29 is 4.79 Å². The van der Waals surface area contributed by atoms with Crippen LogP contribution in [0.1, 0.15) is 24.8 Å². The molecule has 6 heteroatoms. The summed E-state index contributed by atoms with van der Waals surface area (Å²) in [6, 6.07) is 5.88. The van der Waals surface area contributed by atoms with Gasteiger partial charge in [0.15, 0.2) is 0 Å². The number of hydrogen-bond donors (Lipinski definition) is 0. The molecule has 3 rings (SSSR count). The Kier molecular flexibility index (Phi) is 4.72. The molecule has 0 N–H and O–H groups in total. The third kappa shape index (κ3) is 3.51. The van der Waals surface area contributed by atoms with Gasteiger partial charge in [0, 0.05) is 45.3 Å². The third-order valence-electron chi connectivity index (χ3n) is 5.24. The minimum absolute atomic E-state index is 0.177. The second-order valence-corrected chi connectivity index (χ2v) is 7.29. The zero-order valence-electron chi connectivity index (χ0n) is 14.5. The molecular formula is C18H25N5O. The van der Waals surface area contributed by atoms with Gasteiger partial charge in [-0.05, 0) is 37.9 Å². The average Bonchev–Trinajstić information content (AvgIpc) is 2.98. The zero-order chi connectivity index (χ0) is 17.2. The standard InChI is InChI=1S/C18H25N5O/c1-21(2)17(24)12-22-8-3-6-18(13-22)7-9-23(14-18)16-5-4-15(10-19)11-20-16/h4-5,11H,3,6-9,12-14H2,1-2H3/t18-/m1/s1. The molecule has 2 aliphatic heterocycles. The molecular weight excluding hydrogens is 302 g/mol. The van der Waals surface area contributed by atoms with Crippen molar-refractivity contribution in [3.63, 3.8) is 0 Å². The molecule has 2 aliphatic rings. The van der Waals surface area contributed by atoms with Crippen LogP contribution in [0.3, 0.4) is 0 Å². The van der Waals surface area contributed by atoms with E-state index in [2.05, 4.69) is 20.9 Å². The number of nitrogens with zero attached hydrogens (tertiary/aromatic N) is 5. The van der Waals surface area contributed by atoms with Crippen LogP contribution in [-0.4, -0.2) is 67.5 Å². The van der Waals surface area contributed by atoms with Crippen molar-refractivity contribution >= 4 is 11.7 Å². The van der Waals surface area contributed by atoms with E-state index >= 15 is 0 Å². The molecule has 0 unspecified atom stereocenters. The van der Waals surface area contributed by atoms with Gasteiger partial charge in [0.25, 0.3) is 0 Å². The molecule has 0 saturated carbocycles. The highest BCUT2D eigenvalue weighted by atomic mass is 16.2. The summed E-state index contributed by atoms with van der Waals surface area (Å²) in [5, 5.41) is 8.89.